The molecule has 0 unspecified atom stereocenters. The molecule has 0 aromatic carbocycles. The number of nitrogens with two attached hydrogens (primary N) is 1. The summed E-state index contributed by atoms with van der Waals surface area (Å²) in [5.41, 5.74) is 5.72. The second-order valence-electron chi connectivity index (χ2n) is 4.89. The van der Waals surface area contributed by atoms with E-state index in [0.29, 0.717) is 24.4 Å². The van der Waals surface area contributed by atoms with Gasteiger partial charge in [0.1, 0.15) is 0 Å². The summed E-state index contributed by atoms with van der Waals surface area (Å²) in [6.07, 6.45) is 5.80. The summed E-state index contributed by atoms with van der Waals surface area (Å²) in [4.78, 5) is 14.4. The number of hydrogen-bond acceptors (Lipinski definition) is 2. The summed E-state index contributed by atoms with van der Waals surface area (Å²) < 4.78 is 0. The van der Waals surface area contributed by atoms with Crippen LogP contribution >= 0.6 is 0 Å². The first-order chi connectivity index (χ1) is 7.27. The first-order valence-electron chi connectivity index (χ1n) is 6.28. The van der Waals surface area contributed by atoms with Crippen LogP contribution in [0.3, 0.4) is 0 Å². The molecule has 3 heteroatoms. The summed E-state index contributed by atoms with van der Waals surface area (Å²) in [5, 5.41) is 0. The van der Waals surface area contributed by atoms with Crippen LogP contribution in [0.1, 0.15) is 39.0 Å². The van der Waals surface area contributed by atoms with E-state index in [2.05, 4.69) is 11.8 Å². The predicted molar refractivity (Wildman–Crippen MR) is 60.3 cm³/mol. The summed E-state index contributed by atoms with van der Waals surface area (Å²) in [6.45, 7) is 3.64. The molecule has 0 bridgehead atoms. The van der Waals surface area contributed by atoms with Crippen molar-refractivity contribution < 1.29 is 4.79 Å². The van der Waals surface area contributed by atoms with Crippen molar-refractivity contribution in [3.63, 3.8) is 0 Å². The maximum atomic E-state index is 12.3. The maximum absolute atomic E-state index is 12.3. The zero-order chi connectivity index (χ0) is 10.8. The molecule has 2 aliphatic rings. The third-order valence-corrected chi connectivity index (χ3v) is 3.89. The lowest BCUT2D eigenvalue weighted by Crippen LogP contribution is -2.40. The topological polar surface area (TPSA) is 46.3 Å². The van der Waals surface area contributed by atoms with Gasteiger partial charge in [0.05, 0.1) is 0 Å². The van der Waals surface area contributed by atoms with Crippen LogP contribution in [0.5, 0.6) is 0 Å². The van der Waals surface area contributed by atoms with Gasteiger partial charge in [0.25, 0.3) is 0 Å². The van der Waals surface area contributed by atoms with E-state index in [1.807, 2.05) is 0 Å². The van der Waals surface area contributed by atoms with Gasteiger partial charge in [0, 0.05) is 18.5 Å². The van der Waals surface area contributed by atoms with E-state index in [1.165, 1.54) is 19.3 Å². The lowest BCUT2D eigenvalue weighted by atomic mass is 9.94. The minimum atomic E-state index is 0.232. The van der Waals surface area contributed by atoms with Crippen molar-refractivity contribution in [2.45, 2.75) is 45.1 Å². The van der Waals surface area contributed by atoms with Crippen molar-refractivity contribution >= 4 is 5.91 Å². The highest BCUT2D eigenvalue weighted by Gasteiger charge is 2.39. The zero-order valence-electron chi connectivity index (χ0n) is 9.61. The fourth-order valence-electron chi connectivity index (χ4n) is 2.84. The largest absolute Gasteiger partial charge is 0.340 e. The van der Waals surface area contributed by atoms with Crippen molar-refractivity contribution in [3.8, 4) is 0 Å². The van der Waals surface area contributed by atoms with Crippen molar-refractivity contribution in [1.82, 2.24) is 4.90 Å². The average molecular weight is 210 g/mol. The lowest BCUT2D eigenvalue weighted by Gasteiger charge is -2.26. The van der Waals surface area contributed by atoms with Crippen LogP contribution in [0.4, 0.5) is 0 Å². The standard InChI is InChI=1S/C12H22N2O/c1-2-14(10-6-7-10)12(15)11-5-3-4-9(11)8-13/h9-11H,2-8,13H2,1H3/t9-,11-/m1/s1. The van der Waals surface area contributed by atoms with Gasteiger partial charge < -0.3 is 10.6 Å². The molecule has 0 saturated heterocycles. The summed E-state index contributed by atoms with van der Waals surface area (Å²) in [7, 11) is 0. The van der Waals surface area contributed by atoms with Gasteiger partial charge in [-0.2, -0.15) is 0 Å². The Morgan fingerprint density at radius 3 is 2.60 bits per heavy atom. The smallest absolute Gasteiger partial charge is 0.226 e. The summed E-state index contributed by atoms with van der Waals surface area (Å²) in [6, 6.07) is 0.557. The molecule has 0 radical (unpaired) electrons. The second-order valence-corrected chi connectivity index (χ2v) is 4.89. The minimum Gasteiger partial charge on any atom is -0.340 e. The normalized spacial score (nSPS) is 30.5. The van der Waals surface area contributed by atoms with E-state index in [9.17, 15) is 4.79 Å². The van der Waals surface area contributed by atoms with E-state index >= 15 is 0 Å². The molecular weight excluding hydrogens is 188 g/mol. The van der Waals surface area contributed by atoms with E-state index < -0.39 is 0 Å². The van der Waals surface area contributed by atoms with Crippen LogP contribution in [-0.2, 0) is 4.79 Å². The van der Waals surface area contributed by atoms with Gasteiger partial charge >= 0.3 is 0 Å². The first-order valence-corrected chi connectivity index (χ1v) is 6.28. The third kappa shape index (κ3) is 2.17. The number of amides is 1. The quantitative estimate of drug-likeness (QED) is 0.762. The predicted octanol–water partition coefficient (Wildman–Crippen LogP) is 1.37. The number of carbonyl (C=O) groups is 1. The minimum absolute atomic E-state index is 0.232. The van der Waals surface area contributed by atoms with Crippen LogP contribution in [0.2, 0.25) is 0 Å². The van der Waals surface area contributed by atoms with Gasteiger partial charge in [-0.05, 0) is 45.1 Å². The monoisotopic (exact) mass is 210 g/mol. The molecule has 2 N–H and O–H groups in total. The van der Waals surface area contributed by atoms with Crippen molar-refractivity contribution in [1.29, 1.82) is 0 Å². The zero-order valence-corrected chi connectivity index (χ0v) is 9.61. The van der Waals surface area contributed by atoms with Crippen LogP contribution < -0.4 is 5.73 Å². The number of rotatable bonds is 4. The molecule has 0 spiro atoms. The van der Waals surface area contributed by atoms with E-state index in [1.54, 1.807) is 0 Å². The molecule has 2 fully saturated rings. The molecule has 2 atom stereocenters. The van der Waals surface area contributed by atoms with Gasteiger partial charge in [-0.25, -0.2) is 0 Å². The Bertz CT molecular complexity index is 238. The highest BCUT2D eigenvalue weighted by Crippen LogP contribution is 2.35. The fraction of sp³-hybridized carbons (Fsp3) is 0.917. The van der Waals surface area contributed by atoms with E-state index in [0.717, 1.165) is 19.4 Å². The van der Waals surface area contributed by atoms with Crippen molar-refractivity contribution in [3.05, 3.63) is 0 Å². The molecule has 0 aromatic rings. The molecule has 2 aliphatic carbocycles. The number of carbonyl (C=O) groups excluding carboxylic acids is 1. The van der Waals surface area contributed by atoms with E-state index in [4.69, 9.17) is 5.73 Å². The third-order valence-electron chi connectivity index (χ3n) is 3.89. The highest BCUT2D eigenvalue weighted by atomic mass is 16.2. The molecule has 3 nitrogen and oxygen atoms in total. The van der Waals surface area contributed by atoms with Crippen LogP contribution in [0, 0.1) is 11.8 Å². The van der Waals surface area contributed by atoms with Gasteiger partial charge in [-0.15, -0.1) is 0 Å². The van der Waals surface area contributed by atoms with Gasteiger partial charge in [0.15, 0.2) is 0 Å². The number of nitrogens with zero attached hydrogens (tertiary/aromatic N) is 1. The molecule has 0 aromatic heterocycles. The highest BCUT2D eigenvalue weighted by molar-refractivity contribution is 5.80. The lowest BCUT2D eigenvalue weighted by molar-refractivity contribution is -0.137. The Balaban J connectivity index is 1.98. The molecule has 2 rings (SSSR count). The first kappa shape index (κ1) is 10.9. The number of hydrogen-bond donors (Lipinski definition) is 1. The fourth-order valence-corrected chi connectivity index (χ4v) is 2.84. The Morgan fingerprint density at radius 1 is 1.33 bits per heavy atom. The van der Waals surface area contributed by atoms with Gasteiger partial charge in [-0.3, -0.25) is 4.79 Å². The molecular formula is C12H22N2O. The van der Waals surface area contributed by atoms with Crippen molar-refractivity contribution in [2.24, 2.45) is 17.6 Å². The maximum Gasteiger partial charge on any atom is 0.226 e. The summed E-state index contributed by atoms with van der Waals surface area (Å²) in [5.74, 6) is 1.06. The molecule has 2 saturated carbocycles. The molecule has 0 heterocycles. The SMILES string of the molecule is CCN(C(=O)[C@@H]1CCC[C@@H]1CN)C1CC1. The Kier molecular flexibility index (Phi) is 3.29. The summed E-state index contributed by atoms with van der Waals surface area (Å²) >= 11 is 0. The molecule has 86 valence electrons. The van der Waals surface area contributed by atoms with Crippen LogP contribution in [0.15, 0.2) is 0 Å². The van der Waals surface area contributed by atoms with E-state index in [-0.39, 0.29) is 5.92 Å². The van der Waals surface area contributed by atoms with Crippen LogP contribution in [-0.4, -0.2) is 29.9 Å². The second kappa shape index (κ2) is 4.52. The van der Waals surface area contributed by atoms with Crippen LogP contribution in [0.25, 0.3) is 0 Å². The average Bonchev–Trinajstić information content (AvgIpc) is 2.96. The van der Waals surface area contributed by atoms with Gasteiger partial charge in [0.2, 0.25) is 5.91 Å². The Morgan fingerprint density at radius 2 is 2.07 bits per heavy atom. The Labute approximate surface area is 92.0 Å². The molecule has 15 heavy (non-hydrogen) atoms. The molecule has 0 aliphatic heterocycles. The Hall–Kier alpha value is -0.570. The van der Waals surface area contributed by atoms with Gasteiger partial charge in [-0.1, -0.05) is 6.42 Å². The molecule has 1 amide bonds. The van der Waals surface area contributed by atoms with Crippen molar-refractivity contribution in [2.75, 3.05) is 13.1 Å².